The number of benzene rings is 3. The molecule has 1 N–H and O–H groups in total. The average molecular weight is 541 g/mol. The molecule has 2 aliphatic heterocycles. The molecule has 1 amide bonds. The van der Waals surface area contributed by atoms with Crippen LogP contribution in [0.15, 0.2) is 66.7 Å². The van der Waals surface area contributed by atoms with E-state index < -0.39 is 0 Å². The molecule has 2 saturated heterocycles. The largest absolute Gasteiger partial charge is 0.492 e. The van der Waals surface area contributed by atoms with Gasteiger partial charge in [0.05, 0.1) is 6.04 Å². The molecule has 2 aliphatic rings. The Morgan fingerprint density at radius 1 is 1.00 bits per heavy atom. The van der Waals surface area contributed by atoms with Crippen LogP contribution in [0.1, 0.15) is 42.4 Å². The zero-order valence-corrected chi connectivity index (χ0v) is 23.4. The number of likely N-dealkylation sites (tertiary alicyclic amines) is 1. The van der Waals surface area contributed by atoms with Crippen LogP contribution in [0.4, 0.5) is 0 Å². The van der Waals surface area contributed by atoms with Gasteiger partial charge in [0, 0.05) is 22.5 Å². The fraction of sp³-hybridized carbons (Fsp3) is 0.364. The van der Waals surface area contributed by atoms with Crippen molar-refractivity contribution in [1.29, 1.82) is 0 Å². The number of rotatable bonds is 10. The highest BCUT2D eigenvalue weighted by molar-refractivity contribution is 7.22. The molecule has 1 unspecified atom stereocenters. The average Bonchev–Trinajstić information content (AvgIpc) is 3.70. The normalized spacial score (nSPS) is 17.6. The summed E-state index contributed by atoms with van der Waals surface area (Å²) in [5, 5.41) is 4.30. The third-order valence-electron chi connectivity index (χ3n) is 7.84. The van der Waals surface area contributed by atoms with E-state index in [-0.39, 0.29) is 11.9 Å². The molecule has 0 bridgehead atoms. The van der Waals surface area contributed by atoms with Crippen molar-refractivity contribution in [1.82, 2.24) is 10.2 Å². The first-order valence-corrected chi connectivity index (χ1v) is 14.9. The van der Waals surface area contributed by atoms with E-state index in [4.69, 9.17) is 9.47 Å². The van der Waals surface area contributed by atoms with Crippen molar-refractivity contribution in [3.05, 3.63) is 83.4 Å². The number of carbonyl (C=O) groups is 1. The number of thiophene rings is 1. The lowest BCUT2D eigenvalue weighted by Crippen LogP contribution is -2.30. The molecule has 6 heteroatoms. The maximum Gasteiger partial charge on any atom is 0.220 e. The molecule has 5 nitrogen and oxygen atoms in total. The van der Waals surface area contributed by atoms with Gasteiger partial charge in [-0.3, -0.25) is 9.69 Å². The molecule has 0 spiro atoms. The standard InChI is InChI=1S/C33H36N2O3S/c1-23-20-25(10-14-30(23)38-22-26-11-15-32(36)34-26)33-29(28-6-2-3-7-31(28)39-33)21-24-8-12-27(13-9-24)37-19-18-35-16-4-5-17-35/h2-3,6-10,12-14,20,26H,4-5,11,15-19,21-22H2,1H3,(H,34,36). The first kappa shape index (κ1) is 25.9. The molecule has 39 heavy (non-hydrogen) atoms. The van der Waals surface area contributed by atoms with Crippen LogP contribution in [-0.2, 0) is 11.2 Å². The molecular weight excluding hydrogens is 504 g/mol. The predicted octanol–water partition coefficient (Wildman–Crippen LogP) is 6.60. The van der Waals surface area contributed by atoms with E-state index in [1.54, 1.807) is 0 Å². The van der Waals surface area contributed by atoms with Gasteiger partial charge in [-0.15, -0.1) is 11.3 Å². The van der Waals surface area contributed by atoms with Gasteiger partial charge >= 0.3 is 0 Å². The molecule has 6 rings (SSSR count). The maximum atomic E-state index is 11.5. The third kappa shape index (κ3) is 6.13. The SMILES string of the molecule is Cc1cc(-c2sc3ccccc3c2Cc2ccc(OCCN3CCCC3)cc2)ccc1OCC1CCC(=O)N1. The van der Waals surface area contributed by atoms with E-state index in [1.807, 2.05) is 11.3 Å². The summed E-state index contributed by atoms with van der Waals surface area (Å²) in [6.07, 6.45) is 4.92. The lowest BCUT2D eigenvalue weighted by atomic mass is 9.98. The van der Waals surface area contributed by atoms with Crippen LogP contribution in [0.2, 0.25) is 0 Å². The van der Waals surface area contributed by atoms with E-state index in [1.165, 1.54) is 57.6 Å². The van der Waals surface area contributed by atoms with E-state index >= 15 is 0 Å². The minimum absolute atomic E-state index is 0.104. The van der Waals surface area contributed by atoms with Gasteiger partial charge in [-0.2, -0.15) is 0 Å². The molecule has 4 aromatic rings. The summed E-state index contributed by atoms with van der Waals surface area (Å²) in [6.45, 7) is 6.77. The van der Waals surface area contributed by atoms with Crippen LogP contribution in [0.5, 0.6) is 11.5 Å². The Bertz CT molecular complexity index is 1440. The summed E-state index contributed by atoms with van der Waals surface area (Å²) in [6, 6.07) is 23.9. The van der Waals surface area contributed by atoms with Gasteiger partial charge in [-0.1, -0.05) is 30.3 Å². The lowest BCUT2D eigenvalue weighted by Gasteiger charge is -2.15. The number of hydrogen-bond acceptors (Lipinski definition) is 5. The van der Waals surface area contributed by atoms with Crippen molar-refractivity contribution in [3.8, 4) is 21.9 Å². The summed E-state index contributed by atoms with van der Waals surface area (Å²) in [4.78, 5) is 15.3. The number of carbonyl (C=O) groups excluding carboxylic acids is 1. The van der Waals surface area contributed by atoms with Crippen molar-refractivity contribution in [2.45, 2.75) is 45.1 Å². The Kier molecular flexibility index (Phi) is 7.84. The van der Waals surface area contributed by atoms with E-state index in [2.05, 4.69) is 83.9 Å². The number of aryl methyl sites for hydroxylation is 1. The van der Waals surface area contributed by atoms with Gasteiger partial charge in [0.2, 0.25) is 5.91 Å². The highest BCUT2D eigenvalue weighted by Gasteiger charge is 2.21. The third-order valence-corrected chi connectivity index (χ3v) is 9.10. The predicted molar refractivity (Wildman–Crippen MR) is 159 cm³/mol. The van der Waals surface area contributed by atoms with E-state index in [0.717, 1.165) is 43.1 Å². The minimum Gasteiger partial charge on any atom is -0.492 e. The van der Waals surface area contributed by atoms with Gasteiger partial charge in [-0.05, 0) is 110 Å². The molecule has 3 aromatic carbocycles. The van der Waals surface area contributed by atoms with Gasteiger partial charge in [-0.25, -0.2) is 0 Å². The van der Waals surface area contributed by atoms with Gasteiger partial charge in [0.15, 0.2) is 0 Å². The zero-order valence-electron chi connectivity index (χ0n) is 22.6. The van der Waals surface area contributed by atoms with Gasteiger partial charge in [0.25, 0.3) is 0 Å². The quantitative estimate of drug-likeness (QED) is 0.246. The Morgan fingerprint density at radius 2 is 1.82 bits per heavy atom. The van der Waals surface area contributed by atoms with Crippen molar-refractivity contribution in [2.24, 2.45) is 0 Å². The smallest absolute Gasteiger partial charge is 0.220 e. The fourth-order valence-corrected chi connectivity index (χ4v) is 6.88. The van der Waals surface area contributed by atoms with Crippen LogP contribution in [-0.4, -0.2) is 49.7 Å². The van der Waals surface area contributed by atoms with Crippen LogP contribution in [0.3, 0.4) is 0 Å². The van der Waals surface area contributed by atoms with Crippen LogP contribution in [0, 0.1) is 6.92 Å². The Morgan fingerprint density at radius 3 is 2.59 bits per heavy atom. The summed E-state index contributed by atoms with van der Waals surface area (Å²) >= 11 is 1.85. The van der Waals surface area contributed by atoms with Crippen LogP contribution < -0.4 is 14.8 Å². The van der Waals surface area contributed by atoms with Crippen LogP contribution >= 0.6 is 11.3 Å². The fourth-order valence-electron chi connectivity index (χ4n) is 5.66. The van der Waals surface area contributed by atoms with E-state index in [9.17, 15) is 4.79 Å². The second-order valence-corrected chi connectivity index (χ2v) is 11.8. The Hall–Kier alpha value is -3.35. The second kappa shape index (κ2) is 11.8. The summed E-state index contributed by atoms with van der Waals surface area (Å²) < 4.78 is 13.4. The van der Waals surface area contributed by atoms with Crippen molar-refractivity contribution in [2.75, 3.05) is 32.8 Å². The molecule has 0 aliphatic carbocycles. The Balaban J connectivity index is 1.18. The lowest BCUT2D eigenvalue weighted by molar-refractivity contribution is -0.119. The minimum atomic E-state index is 0.104. The van der Waals surface area contributed by atoms with E-state index in [0.29, 0.717) is 13.0 Å². The molecule has 0 saturated carbocycles. The first-order chi connectivity index (χ1) is 19.1. The number of ether oxygens (including phenoxy) is 2. The molecule has 1 atom stereocenters. The molecule has 3 heterocycles. The van der Waals surface area contributed by atoms with Crippen molar-refractivity contribution < 1.29 is 14.3 Å². The Labute approximate surface area is 234 Å². The number of nitrogens with zero attached hydrogens (tertiary/aromatic N) is 1. The molecule has 0 radical (unpaired) electrons. The summed E-state index contributed by atoms with van der Waals surface area (Å²) in [7, 11) is 0. The van der Waals surface area contributed by atoms with Gasteiger partial charge < -0.3 is 14.8 Å². The number of amides is 1. The summed E-state index contributed by atoms with van der Waals surface area (Å²) in [5.74, 6) is 1.94. The number of fused-ring (bicyclic) bond motifs is 1. The molecule has 202 valence electrons. The zero-order chi connectivity index (χ0) is 26.6. The molecular formula is C33H36N2O3S. The number of hydrogen-bond donors (Lipinski definition) is 1. The topological polar surface area (TPSA) is 50.8 Å². The van der Waals surface area contributed by atoms with Crippen molar-refractivity contribution in [3.63, 3.8) is 0 Å². The highest BCUT2D eigenvalue weighted by Crippen LogP contribution is 2.41. The van der Waals surface area contributed by atoms with Crippen molar-refractivity contribution >= 4 is 27.3 Å². The van der Waals surface area contributed by atoms with Crippen LogP contribution in [0.25, 0.3) is 20.5 Å². The van der Waals surface area contributed by atoms with Gasteiger partial charge in [0.1, 0.15) is 24.7 Å². The molecule has 1 aromatic heterocycles. The maximum absolute atomic E-state index is 11.5. The highest BCUT2D eigenvalue weighted by atomic mass is 32.1. The second-order valence-electron chi connectivity index (χ2n) is 10.7. The first-order valence-electron chi connectivity index (χ1n) is 14.1. The summed E-state index contributed by atoms with van der Waals surface area (Å²) in [5.41, 5.74) is 4.96. The molecule has 2 fully saturated rings. The number of nitrogens with one attached hydrogen (secondary N) is 1. The monoisotopic (exact) mass is 540 g/mol.